The number of piperazine rings is 1. The summed E-state index contributed by atoms with van der Waals surface area (Å²) < 4.78 is 5.78. The Balaban J connectivity index is 1.67. The Hall–Kier alpha value is -2.51. The number of ether oxygens (including phenoxy) is 1. The van der Waals surface area contributed by atoms with Crippen molar-refractivity contribution in [3.8, 4) is 17.6 Å². The van der Waals surface area contributed by atoms with Crippen molar-refractivity contribution in [3.05, 3.63) is 54.1 Å². The third-order valence-electron chi connectivity index (χ3n) is 3.54. The predicted octanol–water partition coefficient (Wildman–Crippen LogP) is 2.76. The van der Waals surface area contributed by atoms with Crippen LogP contribution in [0.15, 0.2) is 48.5 Å². The van der Waals surface area contributed by atoms with E-state index in [9.17, 15) is 0 Å². The molecular formula is C17H17N3O. The van der Waals surface area contributed by atoms with Crippen LogP contribution in [0.5, 0.6) is 11.5 Å². The maximum Gasteiger partial charge on any atom is 0.127 e. The topological polar surface area (TPSA) is 48.3 Å². The number of benzene rings is 2. The summed E-state index contributed by atoms with van der Waals surface area (Å²) in [7, 11) is 0. The first-order valence-electron chi connectivity index (χ1n) is 7.09. The van der Waals surface area contributed by atoms with Crippen molar-refractivity contribution in [1.29, 1.82) is 5.26 Å². The van der Waals surface area contributed by atoms with Gasteiger partial charge < -0.3 is 15.0 Å². The third-order valence-corrected chi connectivity index (χ3v) is 3.54. The first-order valence-corrected chi connectivity index (χ1v) is 7.09. The maximum atomic E-state index is 8.77. The Bertz CT molecular complexity index is 623. The number of nitrogens with one attached hydrogen (secondary N) is 1. The molecule has 1 aliphatic heterocycles. The number of hydrogen-bond acceptors (Lipinski definition) is 4. The van der Waals surface area contributed by atoms with Crippen molar-refractivity contribution >= 4 is 5.69 Å². The average Bonchev–Trinajstić information content (AvgIpc) is 2.57. The fraction of sp³-hybridized carbons (Fsp3) is 0.235. The van der Waals surface area contributed by atoms with Crippen molar-refractivity contribution < 1.29 is 4.74 Å². The van der Waals surface area contributed by atoms with Gasteiger partial charge in [0.1, 0.15) is 11.5 Å². The van der Waals surface area contributed by atoms with Gasteiger partial charge in [0.25, 0.3) is 0 Å². The summed E-state index contributed by atoms with van der Waals surface area (Å²) in [5.74, 6) is 1.54. The number of hydrogen-bond donors (Lipinski definition) is 1. The van der Waals surface area contributed by atoms with Crippen molar-refractivity contribution in [2.45, 2.75) is 0 Å². The van der Waals surface area contributed by atoms with Crippen LogP contribution < -0.4 is 15.0 Å². The summed E-state index contributed by atoms with van der Waals surface area (Å²) in [6.07, 6.45) is 0. The van der Waals surface area contributed by atoms with Gasteiger partial charge in [0.05, 0.1) is 11.6 Å². The molecule has 106 valence electrons. The minimum absolute atomic E-state index is 0.636. The van der Waals surface area contributed by atoms with E-state index >= 15 is 0 Å². The molecule has 2 aromatic carbocycles. The summed E-state index contributed by atoms with van der Waals surface area (Å²) in [6.45, 7) is 4.14. The fourth-order valence-electron chi connectivity index (χ4n) is 2.38. The van der Waals surface area contributed by atoms with E-state index < -0.39 is 0 Å². The Morgan fingerprint density at radius 3 is 2.05 bits per heavy atom. The summed E-state index contributed by atoms with van der Waals surface area (Å²) >= 11 is 0. The molecule has 0 radical (unpaired) electrons. The van der Waals surface area contributed by atoms with Gasteiger partial charge in [-0.05, 0) is 48.5 Å². The van der Waals surface area contributed by atoms with E-state index in [1.807, 2.05) is 24.3 Å². The molecule has 0 aliphatic carbocycles. The smallest absolute Gasteiger partial charge is 0.127 e. The predicted molar refractivity (Wildman–Crippen MR) is 82.8 cm³/mol. The van der Waals surface area contributed by atoms with E-state index in [1.165, 1.54) is 5.69 Å². The second-order valence-corrected chi connectivity index (χ2v) is 4.97. The lowest BCUT2D eigenvalue weighted by molar-refractivity contribution is 0.482. The Morgan fingerprint density at radius 1 is 0.905 bits per heavy atom. The van der Waals surface area contributed by atoms with E-state index in [-0.39, 0.29) is 0 Å². The molecule has 3 rings (SSSR count). The van der Waals surface area contributed by atoms with Crippen LogP contribution in [0.25, 0.3) is 0 Å². The highest BCUT2D eigenvalue weighted by Gasteiger charge is 2.10. The Morgan fingerprint density at radius 2 is 1.48 bits per heavy atom. The standard InChI is InChI=1S/C17H17N3O/c18-13-14-1-5-16(6-2-14)21-17-7-3-15(4-8-17)20-11-9-19-10-12-20/h1-8,19H,9-12H2. The van der Waals surface area contributed by atoms with Crippen LogP contribution >= 0.6 is 0 Å². The van der Waals surface area contributed by atoms with Crippen molar-refractivity contribution in [1.82, 2.24) is 5.32 Å². The zero-order chi connectivity index (χ0) is 14.5. The van der Waals surface area contributed by atoms with Crippen LogP contribution in [0.4, 0.5) is 5.69 Å². The first-order chi connectivity index (χ1) is 10.3. The van der Waals surface area contributed by atoms with Gasteiger partial charge in [-0.1, -0.05) is 0 Å². The maximum absolute atomic E-state index is 8.77. The third kappa shape index (κ3) is 3.33. The van der Waals surface area contributed by atoms with Crippen molar-refractivity contribution in [2.75, 3.05) is 31.1 Å². The van der Waals surface area contributed by atoms with E-state index in [2.05, 4.69) is 28.4 Å². The molecule has 0 aromatic heterocycles. The molecular weight excluding hydrogens is 262 g/mol. The van der Waals surface area contributed by atoms with Gasteiger partial charge in [-0.3, -0.25) is 0 Å². The van der Waals surface area contributed by atoms with Crippen LogP contribution in [0.3, 0.4) is 0 Å². The summed E-state index contributed by atoms with van der Waals surface area (Å²) in [4.78, 5) is 2.36. The van der Waals surface area contributed by atoms with Crippen molar-refractivity contribution in [3.63, 3.8) is 0 Å². The van der Waals surface area contributed by atoms with Gasteiger partial charge in [-0.15, -0.1) is 0 Å². The zero-order valence-electron chi connectivity index (χ0n) is 11.7. The molecule has 1 heterocycles. The lowest BCUT2D eigenvalue weighted by Gasteiger charge is -2.29. The van der Waals surface area contributed by atoms with Crippen molar-refractivity contribution in [2.24, 2.45) is 0 Å². The highest BCUT2D eigenvalue weighted by atomic mass is 16.5. The van der Waals surface area contributed by atoms with E-state index in [4.69, 9.17) is 10.00 Å². The number of nitriles is 1. The fourth-order valence-corrected chi connectivity index (χ4v) is 2.38. The molecule has 1 fully saturated rings. The molecule has 0 amide bonds. The normalized spacial score (nSPS) is 14.5. The molecule has 1 N–H and O–H groups in total. The molecule has 2 aromatic rings. The molecule has 1 saturated heterocycles. The largest absolute Gasteiger partial charge is 0.457 e. The molecule has 4 nitrogen and oxygen atoms in total. The number of anilines is 1. The van der Waals surface area contributed by atoms with Gasteiger partial charge in [0.15, 0.2) is 0 Å². The van der Waals surface area contributed by atoms with Crippen LogP contribution in [-0.4, -0.2) is 26.2 Å². The molecule has 0 atom stereocenters. The van der Waals surface area contributed by atoms with Gasteiger partial charge in [0.2, 0.25) is 0 Å². The van der Waals surface area contributed by atoms with Gasteiger partial charge in [0, 0.05) is 31.9 Å². The second kappa shape index (κ2) is 6.29. The van der Waals surface area contributed by atoms with E-state index in [0.29, 0.717) is 5.56 Å². The quantitative estimate of drug-likeness (QED) is 0.938. The summed E-state index contributed by atoms with van der Waals surface area (Å²) in [5.41, 5.74) is 1.86. The van der Waals surface area contributed by atoms with Gasteiger partial charge in [-0.2, -0.15) is 5.26 Å². The highest BCUT2D eigenvalue weighted by molar-refractivity contribution is 5.50. The second-order valence-electron chi connectivity index (χ2n) is 4.97. The summed E-state index contributed by atoms with van der Waals surface area (Å²) in [5, 5.41) is 12.1. The molecule has 0 bridgehead atoms. The lowest BCUT2D eigenvalue weighted by atomic mass is 10.2. The zero-order valence-corrected chi connectivity index (χ0v) is 11.7. The molecule has 4 heteroatoms. The van der Waals surface area contributed by atoms with E-state index in [1.54, 1.807) is 12.1 Å². The molecule has 0 spiro atoms. The minimum atomic E-state index is 0.636. The van der Waals surface area contributed by atoms with Crippen LogP contribution in [0.1, 0.15) is 5.56 Å². The van der Waals surface area contributed by atoms with Crippen LogP contribution in [-0.2, 0) is 0 Å². The molecule has 0 unspecified atom stereocenters. The minimum Gasteiger partial charge on any atom is -0.457 e. The van der Waals surface area contributed by atoms with E-state index in [0.717, 1.165) is 37.7 Å². The SMILES string of the molecule is N#Cc1ccc(Oc2ccc(N3CCNCC3)cc2)cc1. The Kier molecular flexibility index (Phi) is 4.04. The Labute approximate surface area is 124 Å². The van der Waals surface area contributed by atoms with Gasteiger partial charge >= 0.3 is 0 Å². The molecule has 21 heavy (non-hydrogen) atoms. The lowest BCUT2D eigenvalue weighted by Crippen LogP contribution is -2.43. The number of rotatable bonds is 3. The number of nitrogens with zero attached hydrogens (tertiary/aromatic N) is 2. The highest BCUT2D eigenvalue weighted by Crippen LogP contribution is 2.24. The van der Waals surface area contributed by atoms with Crippen LogP contribution in [0.2, 0.25) is 0 Å². The van der Waals surface area contributed by atoms with Gasteiger partial charge in [-0.25, -0.2) is 0 Å². The van der Waals surface area contributed by atoms with Crippen LogP contribution in [0, 0.1) is 11.3 Å². The monoisotopic (exact) mass is 279 g/mol. The molecule has 0 saturated carbocycles. The molecule has 1 aliphatic rings. The average molecular weight is 279 g/mol. The summed E-state index contributed by atoms with van der Waals surface area (Å²) in [6, 6.07) is 17.4. The first kappa shape index (κ1) is 13.5.